The van der Waals surface area contributed by atoms with Crippen LogP contribution in [-0.4, -0.2) is 97.9 Å². The van der Waals surface area contributed by atoms with Gasteiger partial charge in [0, 0.05) is 63.9 Å². The average Bonchev–Trinajstić information content (AvgIpc) is 3.30. The molecule has 9 nitrogen and oxygen atoms in total. The van der Waals surface area contributed by atoms with Gasteiger partial charge in [-0.15, -0.1) is 0 Å². The number of methoxy groups -OCH3 is 1. The number of rotatable bonds is 12. The van der Waals surface area contributed by atoms with Crippen molar-refractivity contribution in [1.82, 2.24) is 14.7 Å². The van der Waals surface area contributed by atoms with Crippen LogP contribution in [0.25, 0.3) is 0 Å². The maximum Gasteiger partial charge on any atom is 0.255 e. The Hall–Kier alpha value is -3.11. The minimum absolute atomic E-state index is 0.0430. The number of ether oxygens (including phenoxy) is 3. The van der Waals surface area contributed by atoms with Crippen LogP contribution in [0.4, 0.5) is 0 Å². The van der Waals surface area contributed by atoms with E-state index in [0.717, 1.165) is 57.0 Å². The molecule has 1 unspecified atom stereocenters. The van der Waals surface area contributed by atoms with Crippen molar-refractivity contribution in [3.05, 3.63) is 64.7 Å². The van der Waals surface area contributed by atoms with E-state index in [2.05, 4.69) is 34.1 Å². The van der Waals surface area contributed by atoms with Crippen LogP contribution in [0.15, 0.2) is 42.5 Å². The summed E-state index contributed by atoms with van der Waals surface area (Å²) in [6.45, 7) is 8.84. The van der Waals surface area contributed by atoms with E-state index in [4.69, 9.17) is 14.2 Å². The van der Waals surface area contributed by atoms with Crippen LogP contribution in [0, 0.1) is 0 Å². The SMILES string of the molecule is COCCOCCN1CCN(Cc2ccc(COc3cccc4c3CN(C3CCC(=O)CC3=O)C4=O)cc2)CC1. The molecular weight excluding hydrogens is 510 g/mol. The van der Waals surface area contributed by atoms with Crippen molar-refractivity contribution in [2.45, 2.75) is 45.0 Å². The molecule has 2 heterocycles. The van der Waals surface area contributed by atoms with E-state index < -0.39 is 6.04 Å². The fourth-order valence-corrected chi connectivity index (χ4v) is 5.67. The maximum absolute atomic E-state index is 13.1. The predicted octanol–water partition coefficient (Wildman–Crippen LogP) is 2.69. The third kappa shape index (κ3) is 6.96. The molecule has 3 aliphatic rings. The number of piperazine rings is 1. The Morgan fingerprint density at radius 1 is 0.875 bits per heavy atom. The summed E-state index contributed by atoms with van der Waals surface area (Å²) >= 11 is 0. The molecule has 1 saturated heterocycles. The van der Waals surface area contributed by atoms with Gasteiger partial charge in [0.25, 0.3) is 5.91 Å². The summed E-state index contributed by atoms with van der Waals surface area (Å²) in [7, 11) is 1.69. The van der Waals surface area contributed by atoms with Crippen LogP contribution in [0.3, 0.4) is 0 Å². The van der Waals surface area contributed by atoms with Gasteiger partial charge in [0.1, 0.15) is 18.1 Å². The van der Waals surface area contributed by atoms with E-state index in [1.807, 2.05) is 12.1 Å². The summed E-state index contributed by atoms with van der Waals surface area (Å²) in [6, 6.07) is 13.5. The number of Topliss-reactive ketones (excluding diaryl/α,β-unsaturated/α-hetero) is 2. The standard InChI is InChI=1S/C31H39N3O6/c1-38-17-18-39-16-15-32-11-13-33(14-12-32)20-23-5-7-24(8-6-23)22-40-30-4-2-3-26-27(30)21-34(31(26)37)28-10-9-25(35)19-29(28)36/h2-8,28H,9-22H2,1H3. The molecule has 0 N–H and O–H groups in total. The number of ketones is 2. The summed E-state index contributed by atoms with van der Waals surface area (Å²) in [6.07, 6.45) is 0.669. The molecule has 1 atom stereocenters. The highest BCUT2D eigenvalue weighted by atomic mass is 16.5. The first kappa shape index (κ1) is 28.4. The molecule has 5 rings (SSSR count). The number of nitrogens with zero attached hydrogens (tertiary/aromatic N) is 3. The van der Waals surface area contributed by atoms with Crippen LogP contribution >= 0.6 is 0 Å². The van der Waals surface area contributed by atoms with Crippen molar-refractivity contribution in [2.24, 2.45) is 0 Å². The molecule has 0 aromatic heterocycles. The summed E-state index contributed by atoms with van der Waals surface area (Å²) in [5.74, 6) is 0.302. The molecule has 2 fully saturated rings. The van der Waals surface area contributed by atoms with Gasteiger partial charge in [-0.05, 0) is 29.7 Å². The van der Waals surface area contributed by atoms with Gasteiger partial charge in [0.15, 0.2) is 5.78 Å². The normalized spacial score (nSPS) is 20.3. The fraction of sp³-hybridized carbons (Fsp3) is 0.516. The Morgan fingerprint density at radius 3 is 2.38 bits per heavy atom. The summed E-state index contributed by atoms with van der Waals surface area (Å²) < 4.78 is 16.8. The van der Waals surface area contributed by atoms with Crippen LogP contribution < -0.4 is 4.74 Å². The van der Waals surface area contributed by atoms with E-state index in [-0.39, 0.29) is 23.9 Å². The monoisotopic (exact) mass is 549 g/mol. The van der Waals surface area contributed by atoms with Crippen LogP contribution in [-0.2, 0) is 38.8 Å². The Balaban J connectivity index is 1.09. The second-order valence-corrected chi connectivity index (χ2v) is 10.8. The largest absolute Gasteiger partial charge is 0.489 e. The van der Waals surface area contributed by atoms with E-state index in [1.165, 1.54) is 5.56 Å². The molecule has 1 aliphatic carbocycles. The van der Waals surface area contributed by atoms with Gasteiger partial charge in [-0.2, -0.15) is 0 Å². The Bertz CT molecular complexity index is 1190. The number of hydrogen-bond donors (Lipinski definition) is 0. The minimum Gasteiger partial charge on any atom is -0.489 e. The number of carbonyl (C=O) groups is 3. The molecule has 40 heavy (non-hydrogen) atoms. The number of fused-ring (bicyclic) bond motifs is 1. The lowest BCUT2D eigenvalue weighted by molar-refractivity contribution is -0.133. The van der Waals surface area contributed by atoms with E-state index in [9.17, 15) is 14.4 Å². The highest BCUT2D eigenvalue weighted by molar-refractivity contribution is 6.07. The quantitative estimate of drug-likeness (QED) is 0.295. The summed E-state index contributed by atoms with van der Waals surface area (Å²) in [5, 5.41) is 0. The van der Waals surface area contributed by atoms with E-state index in [1.54, 1.807) is 18.1 Å². The number of hydrogen-bond acceptors (Lipinski definition) is 8. The minimum atomic E-state index is -0.527. The third-order valence-corrected chi connectivity index (χ3v) is 8.04. The molecule has 214 valence electrons. The summed E-state index contributed by atoms with van der Waals surface area (Å²) in [5.41, 5.74) is 3.73. The van der Waals surface area contributed by atoms with Crippen molar-refractivity contribution in [1.29, 1.82) is 0 Å². The van der Waals surface area contributed by atoms with Crippen molar-refractivity contribution in [3.8, 4) is 5.75 Å². The van der Waals surface area contributed by atoms with Crippen molar-refractivity contribution >= 4 is 17.5 Å². The van der Waals surface area contributed by atoms with Gasteiger partial charge in [-0.1, -0.05) is 30.3 Å². The van der Waals surface area contributed by atoms with Crippen molar-refractivity contribution in [3.63, 3.8) is 0 Å². The van der Waals surface area contributed by atoms with E-state index in [0.29, 0.717) is 50.5 Å². The molecule has 1 saturated carbocycles. The number of amides is 1. The van der Waals surface area contributed by atoms with Crippen LogP contribution in [0.2, 0.25) is 0 Å². The number of benzene rings is 2. The van der Waals surface area contributed by atoms with E-state index >= 15 is 0 Å². The number of carbonyl (C=O) groups excluding carboxylic acids is 3. The molecule has 2 aliphatic heterocycles. The molecule has 0 radical (unpaired) electrons. The van der Waals surface area contributed by atoms with Crippen LogP contribution in [0.1, 0.15) is 46.3 Å². The zero-order valence-corrected chi connectivity index (χ0v) is 23.3. The molecule has 9 heteroatoms. The molecular formula is C31H39N3O6. The molecule has 2 aromatic rings. The zero-order chi connectivity index (χ0) is 27.9. The lowest BCUT2D eigenvalue weighted by Gasteiger charge is -2.34. The van der Waals surface area contributed by atoms with Gasteiger partial charge < -0.3 is 19.1 Å². The highest BCUT2D eigenvalue weighted by Crippen LogP contribution is 2.34. The van der Waals surface area contributed by atoms with Gasteiger partial charge in [-0.3, -0.25) is 24.2 Å². The first-order valence-corrected chi connectivity index (χ1v) is 14.2. The second kappa shape index (κ2) is 13.5. The lowest BCUT2D eigenvalue weighted by Crippen LogP contribution is -2.46. The maximum atomic E-state index is 13.1. The second-order valence-electron chi connectivity index (χ2n) is 10.8. The van der Waals surface area contributed by atoms with Gasteiger partial charge >= 0.3 is 0 Å². The van der Waals surface area contributed by atoms with Crippen molar-refractivity contribution < 1.29 is 28.6 Å². The van der Waals surface area contributed by atoms with Gasteiger partial charge in [0.2, 0.25) is 0 Å². The van der Waals surface area contributed by atoms with Crippen LogP contribution in [0.5, 0.6) is 5.75 Å². The molecule has 2 aromatic carbocycles. The first-order valence-electron chi connectivity index (χ1n) is 14.2. The Morgan fingerprint density at radius 2 is 1.62 bits per heavy atom. The zero-order valence-electron chi connectivity index (χ0n) is 23.3. The van der Waals surface area contributed by atoms with Gasteiger partial charge in [-0.25, -0.2) is 0 Å². The average molecular weight is 550 g/mol. The van der Waals surface area contributed by atoms with Gasteiger partial charge in [0.05, 0.1) is 38.8 Å². The smallest absolute Gasteiger partial charge is 0.255 e. The highest BCUT2D eigenvalue weighted by Gasteiger charge is 2.40. The third-order valence-electron chi connectivity index (χ3n) is 8.04. The van der Waals surface area contributed by atoms with Crippen molar-refractivity contribution in [2.75, 3.05) is 59.7 Å². The first-order chi connectivity index (χ1) is 19.5. The molecule has 1 amide bonds. The fourth-order valence-electron chi connectivity index (χ4n) is 5.67. The predicted molar refractivity (Wildman–Crippen MR) is 149 cm³/mol. The molecule has 0 spiro atoms. The Labute approximate surface area is 236 Å². The molecule has 0 bridgehead atoms. The summed E-state index contributed by atoms with van der Waals surface area (Å²) in [4.78, 5) is 43.7. The topological polar surface area (TPSA) is 88.6 Å². The Kier molecular flexibility index (Phi) is 9.59. The lowest BCUT2D eigenvalue weighted by atomic mass is 9.92.